The van der Waals surface area contributed by atoms with Gasteiger partial charge in [0.1, 0.15) is 24.2 Å². The second-order valence-electron chi connectivity index (χ2n) is 11.3. The first-order valence-corrected chi connectivity index (χ1v) is 14.8. The van der Waals surface area contributed by atoms with Gasteiger partial charge in [-0.15, -0.1) is 0 Å². The van der Waals surface area contributed by atoms with Gasteiger partial charge in [0.25, 0.3) is 5.56 Å². The Morgan fingerprint density at radius 2 is 1.77 bits per heavy atom. The molecule has 1 fully saturated rings. The standard InChI is InChI=1S/C30H38N8O5/c1-20-18-36(30(43)33-28(20)41)19-26(40)35-13-8-12-25(39)37-14-7-6-11-24(37)29(42)32-23(17-22-9-4-3-5-10-22)27-31-21(2)34-38(27)16-15-35/h3-5,9-10,18,23-24H,6-8,11-17,19H2,1-2H3,(H,32,42)(H,33,41,43)/t23-,24+/m1/s1. The van der Waals surface area contributed by atoms with Crippen LogP contribution in [0.1, 0.15) is 60.9 Å². The lowest BCUT2D eigenvalue weighted by Crippen LogP contribution is -2.53. The molecule has 0 bridgehead atoms. The highest BCUT2D eigenvalue weighted by atomic mass is 16.2. The smallest absolute Gasteiger partial charge is 0.328 e. The number of hydrogen-bond donors (Lipinski definition) is 2. The summed E-state index contributed by atoms with van der Waals surface area (Å²) >= 11 is 0. The molecule has 3 aromatic rings. The van der Waals surface area contributed by atoms with Crippen LogP contribution in [0, 0.1) is 13.8 Å². The third-order valence-electron chi connectivity index (χ3n) is 8.09. The largest absolute Gasteiger partial charge is 0.344 e. The summed E-state index contributed by atoms with van der Waals surface area (Å²) in [6, 6.07) is 8.71. The van der Waals surface area contributed by atoms with Crippen LogP contribution in [0.15, 0.2) is 46.1 Å². The number of aromatic nitrogens is 5. The van der Waals surface area contributed by atoms with E-state index in [1.165, 1.54) is 10.8 Å². The van der Waals surface area contributed by atoms with E-state index < -0.39 is 23.3 Å². The van der Waals surface area contributed by atoms with Gasteiger partial charge in [-0.25, -0.2) is 14.5 Å². The molecule has 228 valence electrons. The minimum atomic E-state index is -0.661. The van der Waals surface area contributed by atoms with Crippen molar-refractivity contribution < 1.29 is 14.4 Å². The number of nitrogens with zero attached hydrogens (tertiary/aromatic N) is 6. The quantitative estimate of drug-likeness (QED) is 0.456. The Hall–Kier alpha value is -4.55. The Kier molecular flexibility index (Phi) is 9.17. The van der Waals surface area contributed by atoms with Crippen molar-refractivity contribution in [2.45, 2.75) is 77.5 Å². The molecule has 2 atom stereocenters. The fourth-order valence-corrected chi connectivity index (χ4v) is 5.84. The lowest BCUT2D eigenvalue weighted by atomic mass is 9.99. The fraction of sp³-hybridized carbons (Fsp3) is 0.500. The Morgan fingerprint density at radius 3 is 2.56 bits per heavy atom. The molecule has 0 unspecified atom stereocenters. The Morgan fingerprint density at radius 1 is 0.977 bits per heavy atom. The molecule has 2 N–H and O–H groups in total. The predicted octanol–water partition coefficient (Wildman–Crippen LogP) is 0.849. The number of H-pyrrole nitrogens is 1. The molecule has 1 aromatic carbocycles. The first kappa shape index (κ1) is 29.9. The van der Waals surface area contributed by atoms with Gasteiger partial charge in [-0.05, 0) is 51.5 Å². The van der Waals surface area contributed by atoms with E-state index in [-0.39, 0.29) is 43.8 Å². The summed E-state index contributed by atoms with van der Waals surface area (Å²) in [6.07, 6.45) is 4.70. The third kappa shape index (κ3) is 7.09. The number of piperidine rings is 1. The van der Waals surface area contributed by atoms with Gasteiger partial charge in [0.05, 0.1) is 12.6 Å². The average molecular weight is 591 g/mol. The maximum Gasteiger partial charge on any atom is 0.328 e. The van der Waals surface area contributed by atoms with Crippen LogP contribution in [0.25, 0.3) is 0 Å². The molecule has 2 aromatic heterocycles. The van der Waals surface area contributed by atoms with E-state index in [2.05, 4.69) is 15.4 Å². The average Bonchev–Trinajstić information content (AvgIpc) is 3.37. The minimum Gasteiger partial charge on any atom is -0.344 e. The van der Waals surface area contributed by atoms with Crippen molar-refractivity contribution in [2.24, 2.45) is 0 Å². The lowest BCUT2D eigenvalue weighted by Gasteiger charge is -2.36. The number of amides is 3. The zero-order chi connectivity index (χ0) is 30.5. The first-order valence-electron chi connectivity index (χ1n) is 14.8. The third-order valence-corrected chi connectivity index (χ3v) is 8.09. The molecule has 13 heteroatoms. The van der Waals surface area contributed by atoms with Crippen molar-refractivity contribution in [1.29, 1.82) is 0 Å². The Balaban J connectivity index is 1.47. The normalized spacial score (nSPS) is 20.1. The van der Waals surface area contributed by atoms with Crippen LogP contribution in [-0.2, 0) is 33.9 Å². The van der Waals surface area contributed by atoms with Crippen LogP contribution >= 0.6 is 0 Å². The van der Waals surface area contributed by atoms with Crippen molar-refractivity contribution in [2.75, 3.05) is 19.6 Å². The molecule has 2 aliphatic rings. The summed E-state index contributed by atoms with van der Waals surface area (Å²) in [5.41, 5.74) is 0.180. The molecule has 43 heavy (non-hydrogen) atoms. The van der Waals surface area contributed by atoms with Crippen LogP contribution in [0.4, 0.5) is 0 Å². The second-order valence-corrected chi connectivity index (χ2v) is 11.3. The van der Waals surface area contributed by atoms with Crippen molar-refractivity contribution in [3.05, 3.63) is 80.1 Å². The number of aryl methyl sites for hydroxylation is 2. The van der Waals surface area contributed by atoms with Gasteiger partial charge in [0.2, 0.25) is 17.7 Å². The van der Waals surface area contributed by atoms with Crippen molar-refractivity contribution in [1.82, 2.24) is 39.4 Å². The highest BCUT2D eigenvalue weighted by molar-refractivity contribution is 5.88. The lowest BCUT2D eigenvalue weighted by molar-refractivity contribution is -0.143. The summed E-state index contributed by atoms with van der Waals surface area (Å²) in [6.45, 7) is 4.43. The van der Waals surface area contributed by atoms with Crippen LogP contribution in [0.2, 0.25) is 0 Å². The number of fused-ring (bicyclic) bond motifs is 2. The van der Waals surface area contributed by atoms with Gasteiger partial charge in [0, 0.05) is 37.8 Å². The van der Waals surface area contributed by atoms with Gasteiger partial charge in [-0.3, -0.25) is 28.7 Å². The number of rotatable bonds is 4. The van der Waals surface area contributed by atoms with Crippen molar-refractivity contribution in [3.63, 3.8) is 0 Å². The highest BCUT2D eigenvalue weighted by Crippen LogP contribution is 2.23. The predicted molar refractivity (Wildman–Crippen MR) is 157 cm³/mol. The van der Waals surface area contributed by atoms with E-state index in [4.69, 9.17) is 4.98 Å². The van der Waals surface area contributed by atoms with Crippen molar-refractivity contribution in [3.8, 4) is 0 Å². The molecule has 3 amide bonds. The molecule has 1 saturated heterocycles. The molecular formula is C30H38N8O5. The molecule has 0 aliphatic carbocycles. The van der Waals surface area contributed by atoms with E-state index >= 15 is 0 Å². The van der Waals surface area contributed by atoms with E-state index in [0.29, 0.717) is 49.6 Å². The monoisotopic (exact) mass is 590 g/mol. The van der Waals surface area contributed by atoms with Gasteiger partial charge >= 0.3 is 5.69 Å². The number of hydrogen-bond acceptors (Lipinski definition) is 7. The maximum atomic E-state index is 13.7. The molecule has 5 rings (SSSR count). The minimum absolute atomic E-state index is 0.115. The Labute approximate surface area is 248 Å². The molecule has 0 saturated carbocycles. The zero-order valence-electron chi connectivity index (χ0n) is 24.6. The van der Waals surface area contributed by atoms with E-state index in [9.17, 15) is 24.0 Å². The highest BCUT2D eigenvalue weighted by Gasteiger charge is 2.34. The zero-order valence-corrected chi connectivity index (χ0v) is 24.6. The molecule has 4 heterocycles. The number of carbonyl (C=O) groups excluding carboxylic acids is 3. The Bertz CT molecular complexity index is 1590. The van der Waals surface area contributed by atoms with Gasteiger partial charge < -0.3 is 15.1 Å². The molecule has 2 aliphatic heterocycles. The number of benzene rings is 1. The number of aromatic amines is 1. The number of carbonyl (C=O) groups is 3. The molecule has 0 radical (unpaired) electrons. The van der Waals surface area contributed by atoms with Crippen LogP contribution in [-0.4, -0.2) is 77.5 Å². The summed E-state index contributed by atoms with van der Waals surface area (Å²) in [7, 11) is 0. The summed E-state index contributed by atoms with van der Waals surface area (Å²) in [5.74, 6) is 0.470. The van der Waals surface area contributed by atoms with E-state index in [1.807, 2.05) is 30.3 Å². The van der Waals surface area contributed by atoms with E-state index in [0.717, 1.165) is 18.4 Å². The SMILES string of the molecule is Cc1nc2n(n1)CCN(C(=O)Cn1cc(C)c(=O)[nH]c1=O)CCCC(=O)N1CCCC[C@H]1C(=O)N[C@@H]2Cc1ccccc1. The van der Waals surface area contributed by atoms with Gasteiger partial charge in [-0.2, -0.15) is 5.10 Å². The van der Waals surface area contributed by atoms with Gasteiger partial charge in [0.15, 0.2) is 0 Å². The second kappa shape index (κ2) is 13.2. The maximum absolute atomic E-state index is 13.7. The van der Waals surface area contributed by atoms with Crippen molar-refractivity contribution >= 4 is 17.7 Å². The summed E-state index contributed by atoms with van der Waals surface area (Å²) in [5, 5.41) is 7.79. The molecule has 13 nitrogen and oxygen atoms in total. The van der Waals surface area contributed by atoms with Crippen LogP contribution in [0.5, 0.6) is 0 Å². The van der Waals surface area contributed by atoms with Crippen LogP contribution in [0.3, 0.4) is 0 Å². The topological polar surface area (TPSA) is 155 Å². The van der Waals surface area contributed by atoms with E-state index in [1.54, 1.807) is 28.3 Å². The number of nitrogens with one attached hydrogen (secondary N) is 2. The summed E-state index contributed by atoms with van der Waals surface area (Å²) < 4.78 is 2.92. The summed E-state index contributed by atoms with van der Waals surface area (Å²) in [4.78, 5) is 75.0. The fourth-order valence-electron chi connectivity index (χ4n) is 5.84. The molecule has 0 spiro atoms. The molecular weight excluding hydrogens is 552 g/mol. The van der Waals surface area contributed by atoms with Gasteiger partial charge in [-0.1, -0.05) is 30.3 Å². The first-order chi connectivity index (χ1) is 20.7. The van der Waals surface area contributed by atoms with Crippen LogP contribution < -0.4 is 16.6 Å².